The van der Waals surface area contributed by atoms with E-state index in [2.05, 4.69) is 10.9 Å². The molecule has 1 heterocycles. The number of hydrogen-bond acceptors (Lipinski definition) is 5. The predicted molar refractivity (Wildman–Crippen MR) is 94.6 cm³/mol. The maximum Gasteiger partial charge on any atom is 0.349 e. The molecular formula is C19H15FN2O5. The molecule has 0 bridgehead atoms. The van der Waals surface area contributed by atoms with Crippen LogP contribution in [-0.4, -0.2) is 17.9 Å². The van der Waals surface area contributed by atoms with Gasteiger partial charge in [0.1, 0.15) is 11.1 Å². The van der Waals surface area contributed by atoms with Crippen LogP contribution in [0, 0.1) is 5.82 Å². The highest BCUT2D eigenvalue weighted by Crippen LogP contribution is 2.17. The van der Waals surface area contributed by atoms with Crippen LogP contribution in [0.4, 0.5) is 4.39 Å². The quantitative estimate of drug-likeness (QED) is 0.542. The fraction of sp³-hybridized carbons (Fsp3) is 0.105. The molecular weight excluding hydrogens is 355 g/mol. The van der Waals surface area contributed by atoms with Crippen molar-refractivity contribution in [1.29, 1.82) is 0 Å². The molecule has 27 heavy (non-hydrogen) atoms. The number of amides is 2. The highest BCUT2D eigenvalue weighted by atomic mass is 19.1. The number of para-hydroxylation sites is 2. The summed E-state index contributed by atoms with van der Waals surface area (Å²) < 4.78 is 23.8. The fourth-order valence-electron chi connectivity index (χ4n) is 2.29. The Hall–Kier alpha value is -3.68. The Morgan fingerprint density at radius 2 is 1.78 bits per heavy atom. The third kappa shape index (κ3) is 4.12. The molecule has 2 N–H and O–H groups in total. The van der Waals surface area contributed by atoms with Crippen LogP contribution in [-0.2, 0) is 4.79 Å². The number of ether oxygens (including phenoxy) is 1. The summed E-state index contributed by atoms with van der Waals surface area (Å²) in [6.07, 6.45) is -1.09. The Morgan fingerprint density at radius 3 is 2.56 bits per heavy atom. The SMILES string of the molecule is C[C@@H](Oc1ccccc1F)C(=O)NNC(=O)c1cc2ccccc2oc1=O. The number of hydrogen-bond donors (Lipinski definition) is 2. The first kappa shape index (κ1) is 18.1. The van der Waals surface area contributed by atoms with Crippen LogP contribution >= 0.6 is 0 Å². The summed E-state index contributed by atoms with van der Waals surface area (Å²) in [5, 5.41) is 0.560. The van der Waals surface area contributed by atoms with E-state index in [1.165, 1.54) is 31.2 Å². The average molecular weight is 370 g/mol. The maximum absolute atomic E-state index is 13.5. The molecule has 3 aromatic rings. The molecule has 1 aromatic heterocycles. The Labute approximate surface area is 152 Å². The minimum atomic E-state index is -1.09. The summed E-state index contributed by atoms with van der Waals surface area (Å²) in [5.74, 6) is -2.28. The van der Waals surface area contributed by atoms with E-state index in [1.807, 2.05) is 0 Å². The second-order valence-electron chi connectivity index (χ2n) is 5.62. The number of halogens is 1. The van der Waals surface area contributed by atoms with Crippen LogP contribution < -0.4 is 21.2 Å². The van der Waals surface area contributed by atoms with Crippen molar-refractivity contribution in [2.24, 2.45) is 0 Å². The molecule has 138 valence electrons. The van der Waals surface area contributed by atoms with Gasteiger partial charge in [-0.3, -0.25) is 20.4 Å². The Morgan fingerprint density at radius 1 is 1.07 bits per heavy atom. The lowest BCUT2D eigenvalue weighted by atomic mass is 10.2. The zero-order valence-electron chi connectivity index (χ0n) is 14.2. The van der Waals surface area contributed by atoms with Gasteiger partial charge < -0.3 is 9.15 Å². The van der Waals surface area contributed by atoms with E-state index in [9.17, 15) is 18.8 Å². The smallest absolute Gasteiger partial charge is 0.349 e. The minimum Gasteiger partial charge on any atom is -0.478 e. The molecule has 0 aliphatic carbocycles. The van der Waals surface area contributed by atoms with E-state index >= 15 is 0 Å². The van der Waals surface area contributed by atoms with Gasteiger partial charge in [-0.25, -0.2) is 9.18 Å². The molecule has 8 heteroatoms. The van der Waals surface area contributed by atoms with E-state index in [0.29, 0.717) is 11.0 Å². The number of carbonyl (C=O) groups is 2. The fourth-order valence-corrected chi connectivity index (χ4v) is 2.29. The molecule has 3 rings (SSSR count). The standard InChI is InChI=1S/C19H15FN2O5/c1-11(26-16-9-5-3-7-14(16)20)17(23)21-22-18(24)13-10-12-6-2-4-8-15(12)27-19(13)25/h2-11H,1H3,(H,21,23)(H,22,24)/t11-/m1/s1. The van der Waals surface area contributed by atoms with Crippen molar-refractivity contribution in [2.45, 2.75) is 13.0 Å². The zero-order chi connectivity index (χ0) is 19.4. The van der Waals surface area contributed by atoms with Crippen molar-refractivity contribution in [2.75, 3.05) is 0 Å². The summed E-state index contributed by atoms with van der Waals surface area (Å²) in [6.45, 7) is 1.39. The van der Waals surface area contributed by atoms with Crippen LogP contribution in [0.5, 0.6) is 5.75 Å². The number of benzene rings is 2. The number of hydrazine groups is 1. The molecule has 0 unspecified atom stereocenters. The van der Waals surface area contributed by atoms with Gasteiger partial charge >= 0.3 is 5.63 Å². The van der Waals surface area contributed by atoms with E-state index < -0.39 is 29.4 Å². The van der Waals surface area contributed by atoms with Crippen LogP contribution in [0.1, 0.15) is 17.3 Å². The van der Waals surface area contributed by atoms with Gasteiger partial charge in [-0.1, -0.05) is 30.3 Å². The van der Waals surface area contributed by atoms with Crippen LogP contribution in [0.15, 0.2) is 63.8 Å². The van der Waals surface area contributed by atoms with Crippen molar-refractivity contribution in [3.05, 3.63) is 76.4 Å². The Bertz CT molecular complexity index is 1060. The largest absolute Gasteiger partial charge is 0.478 e. The van der Waals surface area contributed by atoms with Crippen LogP contribution in [0.2, 0.25) is 0 Å². The van der Waals surface area contributed by atoms with Gasteiger partial charge in [0.05, 0.1) is 0 Å². The monoisotopic (exact) mass is 370 g/mol. The Kier molecular flexibility index (Phi) is 5.16. The van der Waals surface area contributed by atoms with Gasteiger partial charge in [0, 0.05) is 5.39 Å². The molecule has 7 nitrogen and oxygen atoms in total. The van der Waals surface area contributed by atoms with Gasteiger partial charge in [-0.2, -0.15) is 0 Å². The van der Waals surface area contributed by atoms with Crippen molar-refractivity contribution in [3.63, 3.8) is 0 Å². The van der Waals surface area contributed by atoms with Gasteiger partial charge in [0.2, 0.25) is 0 Å². The van der Waals surface area contributed by atoms with E-state index in [4.69, 9.17) is 9.15 Å². The number of rotatable bonds is 4. The normalized spacial score (nSPS) is 11.6. The molecule has 0 aliphatic heterocycles. The predicted octanol–water partition coefficient (Wildman–Crippen LogP) is 2.16. The number of carbonyl (C=O) groups excluding carboxylic acids is 2. The molecule has 0 fully saturated rings. The van der Waals surface area contributed by atoms with Gasteiger partial charge in [0.25, 0.3) is 11.8 Å². The minimum absolute atomic E-state index is 0.0957. The summed E-state index contributed by atoms with van der Waals surface area (Å²) >= 11 is 0. The van der Waals surface area contributed by atoms with Crippen molar-refractivity contribution >= 4 is 22.8 Å². The summed E-state index contributed by atoms with van der Waals surface area (Å²) in [7, 11) is 0. The second kappa shape index (κ2) is 7.69. The highest BCUT2D eigenvalue weighted by Gasteiger charge is 2.19. The average Bonchev–Trinajstić information content (AvgIpc) is 2.67. The maximum atomic E-state index is 13.5. The molecule has 0 radical (unpaired) electrons. The van der Waals surface area contributed by atoms with Crippen LogP contribution in [0.25, 0.3) is 11.0 Å². The summed E-state index contributed by atoms with van der Waals surface area (Å²) in [4.78, 5) is 36.1. The topological polar surface area (TPSA) is 97.6 Å². The van der Waals surface area contributed by atoms with E-state index in [0.717, 1.165) is 0 Å². The third-order valence-corrected chi connectivity index (χ3v) is 3.69. The number of fused-ring (bicyclic) bond motifs is 1. The van der Waals surface area contributed by atoms with Gasteiger partial charge in [-0.15, -0.1) is 0 Å². The lowest BCUT2D eigenvalue weighted by Gasteiger charge is -2.15. The molecule has 2 amide bonds. The van der Waals surface area contributed by atoms with Crippen molar-refractivity contribution < 1.29 is 23.1 Å². The first-order valence-electron chi connectivity index (χ1n) is 8.00. The highest BCUT2D eigenvalue weighted by molar-refractivity contribution is 5.97. The van der Waals surface area contributed by atoms with Gasteiger partial charge in [-0.05, 0) is 31.2 Å². The number of nitrogens with one attached hydrogen (secondary N) is 2. The van der Waals surface area contributed by atoms with E-state index in [-0.39, 0.29) is 11.3 Å². The Balaban J connectivity index is 1.65. The van der Waals surface area contributed by atoms with Crippen molar-refractivity contribution in [1.82, 2.24) is 10.9 Å². The first-order chi connectivity index (χ1) is 13.0. The third-order valence-electron chi connectivity index (χ3n) is 3.69. The molecule has 2 aromatic carbocycles. The summed E-state index contributed by atoms with van der Waals surface area (Å²) in [5.41, 5.74) is 3.48. The first-order valence-corrected chi connectivity index (χ1v) is 8.00. The second-order valence-corrected chi connectivity index (χ2v) is 5.62. The zero-order valence-corrected chi connectivity index (χ0v) is 14.2. The van der Waals surface area contributed by atoms with E-state index in [1.54, 1.807) is 30.3 Å². The molecule has 0 saturated carbocycles. The van der Waals surface area contributed by atoms with Crippen molar-refractivity contribution in [3.8, 4) is 5.75 Å². The van der Waals surface area contributed by atoms with Gasteiger partial charge in [0.15, 0.2) is 17.7 Å². The molecule has 0 saturated heterocycles. The molecule has 0 spiro atoms. The van der Waals surface area contributed by atoms with Crippen LogP contribution in [0.3, 0.4) is 0 Å². The lowest BCUT2D eigenvalue weighted by Crippen LogP contribution is -2.48. The molecule has 1 atom stereocenters. The summed E-state index contributed by atoms with van der Waals surface area (Å²) in [6, 6.07) is 13.7. The molecule has 0 aliphatic rings. The lowest BCUT2D eigenvalue weighted by molar-refractivity contribution is -0.128.